The summed E-state index contributed by atoms with van der Waals surface area (Å²) in [6.45, 7) is 0. The smallest absolute Gasteiger partial charge is 0.227 e. The van der Waals surface area contributed by atoms with Crippen molar-refractivity contribution in [3.8, 4) is 11.5 Å². The van der Waals surface area contributed by atoms with Gasteiger partial charge < -0.3 is 10.3 Å². The third-order valence-corrected chi connectivity index (χ3v) is 4.76. The van der Waals surface area contributed by atoms with Crippen LogP contribution in [0.25, 0.3) is 22.3 Å². The van der Waals surface area contributed by atoms with E-state index >= 15 is 0 Å². The Balaban J connectivity index is 0.00000169. The van der Waals surface area contributed by atoms with Crippen molar-refractivity contribution >= 4 is 23.2 Å². The minimum atomic E-state index is 0. The van der Waals surface area contributed by atoms with Gasteiger partial charge in [0.2, 0.25) is 11.7 Å². The van der Waals surface area contributed by atoms with E-state index in [9.17, 15) is 0 Å². The van der Waals surface area contributed by atoms with E-state index in [-0.39, 0.29) is 18.4 Å². The second-order valence-electron chi connectivity index (χ2n) is 6.30. The molecule has 1 saturated carbocycles. The van der Waals surface area contributed by atoms with E-state index in [0.29, 0.717) is 17.6 Å². The molecule has 5 nitrogen and oxygen atoms in total. The summed E-state index contributed by atoms with van der Waals surface area (Å²) >= 11 is 0. The van der Waals surface area contributed by atoms with Crippen molar-refractivity contribution in [2.45, 2.75) is 38.1 Å². The van der Waals surface area contributed by atoms with Gasteiger partial charge in [-0.3, -0.25) is 4.98 Å². The monoisotopic (exact) mass is 344 g/mol. The largest absolute Gasteiger partial charge is 0.339 e. The van der Waals surface area contributed by atoms with Crippen molar-refractivity contribution in [1.82, 2.24) is 15.1 Å². The third-order valence-electron chi connectivity index (χ3n) is 4.76. The Kier molecular flexibility index (Phi) is 5.11. The van der Waals surface area contributed by atoms with E-state index < -0.39 is 0 Å². The molecule has 0 saturated heterocycles. The van der Waals surface area contributed by atoms with Crippen molar-refractivity contribution in [3.63, 3.8) is 0 Å². The molecule has 0 aliphatic heterocycles. The first-order valence-electron chi connectivity index (χ1n) is 8.23. The molecule has 2 aromatic heterocycles. The molecule has 0 bridgehead atoms. The molecule has 24 heavy (non-hydrogen) atoms. The number of fused-ring (bicyclic) bond motifs is 1. The molecular formula is C18H21ClN4O. The molecule has 4 rings (SSSR count). The first kappa shape index (κ1) is 16.9. The molecule has 1 aliphatic carbocycles. The van der Waals surface area contributed by atoms with Gasteiger partial charge in [0.05, 0.1) is 0 Å². The Hall–Kier alpha value is -1.98. The standard InChI is InChI=1S/C18H20N4O.ClH/c19-15-8-4-2-6-13(15)11-16-21-18(22-23-16)17-14-7-3-1-5-12(14)9-10-20-17;/h1,3,5,7,9-10,13,15H,2,4,6,8,11,19H2;1H. The molecule has 1 aliphatic rings. The quantitative estimate of drug-likeness (QED) is 0.782. The van der Waals surface area contributed by atoms with Crippen molar-refractivity contribution in [2.75, 3.05) is 0 Å². The Morgan fingerprint density at radius 1 is 1.12 bits per heavy atom. The van der Waals surface area contributed by atoms with Crippen LogP contribution < -0.4 is 5.73 Å². The zero-order valence-electron chi connectivity index (χ0n) is 13.4. The Bertz CT molecular complexity index is 814. The second-order valence-corrected chi connectivity index (χ2v) is 6.30. The van der Waals surface area contributed by atoms with Crippen LogP contribution in [0.3, 0.4) is 0 Å². The fraction of sp³-hybridized carbons (Fsp3) is 0.389. The van der Waals surface area contributed by atoms with Gasteiger partial charge in [-0.15, -0.1) is 12.4 Å². The highest BCUT2D eigenvalue weighted by Crippen LogP contribution is 2.28. The van der Waals surface area contributed by atoms with E-state index in [2.05, 4.69) is 21.2 Å². The molecule has 0 radical (unpaired) electrons. The normalized spacial score (nSPS) is 20.7. The van der Waals surface area contributed by atoms with Crippen LogP contribution in [0.2, 0.25) is 0 Å². The number of rotatable bonds is 3. The van der Waals surface area contributed by atoms with Crippen molar-refractivity contribution < 1.29 is 4.52 Å². The van der Waals surface area contributed by atoms with E-state index in [1.54, 1.807) is 6.20 Å². The predicted molar refractivity (Wildman–Crippen MR) is 95.9 cm³/mol. The number of pyridine rings is 1. The number of hydrogen-bond donors (Lipinski definition) is 1. The summed E-state index contributed by atoms with van der Waals surface area (Å²) in [5.74, 6) is 1.66. The summed E-state index contributed by atoms with van der Waals surface area (Å²) in [5, 5.41) is 6.30. The number of nitrogens with two attached hydrogens (primary N) is 1. The van der Waals surface area contributed by atoms with Crippen LogP contribution in [-0.2, 0) is 6.42 Å². The van der Waals surface area contributed by atoms with Gasteiger partial charge in [0, 0.05) is 24.0 Å². The molecule has 0 spiro atoms. The highest BCUT2D eigenvalue weighted by Gasteiger charge is 2.24. The van der Waals surface area contributed by atoms with Crippen LogP contribution in [0.4, 0.5) is 0 Å². The molecule has 1 fully saturated rings. The second kappa shape index (κ2) is 7.28. The highest BCUT2D eigenvalue weighted by molar-refractivity contribution is 5.92. The number of nitrogens with zero attached hydrogens (tertiary/aromatic N) is 3. The molecular weight excluding hydrogens is 324 g/mol. The van der Waals surface area contributed by atoms with Gasteiger partial charge in [0.15, 0.2) is 0 Å². The summed E-state index contributed by atoms with van der Waals surface area (Å²) in [5.41, 5.74) is 6.99. The molecule has 3 aromatic rings. The van der Waals surface area contributed by atoms with Gasteiger partial charge in [-0.25, -0.2) is 0 Å². The minimum absolute atomic E-state index is 0. The van der Waals surface area contributed by atoms with E-state index in [1.165, 1.54) is 12.8 Å². The van der Waals surface area contributed by atoms with Gasteiger partial charge in [-0.1, -0.05) is 42.3 Å². The van der Waals surface area contributed by atoms with Gasteiger partial charge >= 0.3 is 0 Å². The first-order chi connectivity index (χ1) is 11.3. The lowest BCUT2D eigenvalue weighted by Gasteiger charge is -2.27. The lowest BCUT2D eigenvalue weighted by atomic mass is 9.83. The summed E-state index contributed by atoms with van der Waals surface area (Å²) < 4.78 is 5.46. The van der Waals surface area contributed by atoms with Crippen LogP contribution in [-0.4, -0.2) is 21.2 Å². The van der Waals surface area contributed by atoms with Crippen molar-refractivity contribution in [2.24, 2.45) is 11.7 Å². The lowest BCUT2D eigenvalue weighted by Crippen LogP contribution is -2.34. The predicted octanol–water partition coefficient (Wildman–Crippen LogP) is 3.77. The van der Waals surface area contributed by atoms with Crippen LogP contribution in [0.15, 0.2) is 41.1 Å². The number of halogens is 1. The molecule has 2 N–H and O–H groups in total. The van der Waals surface area contributed by atoms with Crippen LogP contribution >= 0.6 is 12.4 Å². The number of hydrogen-bond acceptors (Lipinski definition) is 5. The highest BCUT2D eigenvalue weighted by atomic mass is 35.5. The molecule has 0 amide bonds. The molecule has 2 unspecified atom stereocenters. The zero-order valence-corrected chi connectivity index (χ0v) is 14.2. The van der Waals surface area contributed by atoms with Gasteiger partial charge in [0.1, 0.15) is 5.69 Å². The fourth-order valence-electron chi connectivity index (χ4n) is 3.45. The average molecular weight is 345 g/mol. The van der Waals surface area contributed by atoms with E-state index in [4.69, 9.17) is 10.3 Å². The number of aromatic nitrogens is 3. The summed E-state index contributed by atoms with van der Waals surface area (Å²) in [7, 11) is 0. The van der Waals surface area contributed by atoms with Crippen LogP contribution in [0, 0.1) is 5.92 Å². The lowest BCUT2D eigenvalue weighted by molar-refractivity contribution is 0.273. The van der Waals surface area contributed by atoms with E-state index in [0.717, 1.165) is 35.7 Å². The van der Waals surface area contributed by atoms with Crippen LogP contribution in [0.1, 0.15) is 31.6 Å². The summed E-state index contributed by atoms with van der Waals surface area (Å²) in [4.78, 5) is 9.01. The van der Waals surface area contributed by atoms with Crippen LogP contribution in [0.5, 0.6) is 0 Å². The van der Waals surface area contributed by atoms with Gasteiger partial charge in [-0.2, -0.15) is 4.98 Å². The SMILES string of the molecule is Cl.NC1CCCCC1Cc1nc(-c2nccc3ccccc23)no1. The minimum Gasteiger partial charge on any atom is -0.339 e. The zero-order chi connectivity index (χ0) is 15.6. The summed E-state index contributed by atoms with van der Waals surface area (Å²) in [6.07, 6.45) is 7.25. The topological polar surface area (TPSA) is 77.8 Å². The molecule has 2 heterocycles. The van der Waals surface area contributed by atoms with Gasteiger partial charge in [-0.05, 0) is 30.2 Å². The average Bonchev–Trinajstić information content (AvgIpc) is 3.05. The Labute approximate surface area is 147 Å². The fourth-order valence-corrected chi connectivity index (χ4v) is 3.45. The Morgan fingerprint density at radius 2 is 1.96 bits per heavy atom. The van der Waals surface area contributed by atoms with E-state index in [1.807, 2.05) is 24.3 Å². The first-order valence-corrected chi connectivity index (χ1v) is 8.23. The van der Waals surface area contributed by atoms with Crippen molar-refractivity contribution in [3.05, 3.63) is 42.4 Å². The number of benzene rings is 1. The maximum atomic E-state index is 6.22. The maximum absolute atomic E-state index is 6.22. The maximum Gasteiger partial charge on any atom is 0.227 e. The third kappa shape index (κ3) is 3.28. The molecule has 126 valence electrons. The summed E-state index contributed by atoms with van der Waals surface area (Å²) in [6, 6.07) is 10.3. The van der Waals surface area contributed by atoms with Crippen molar-refractivity contribution in [1.29, 1.82) is 0 Å². The Morgan fingerprint density at radius 3 is 2.83 bits per heavy atom. The molecule has 6 heteroatoms. The van der Waals surface area contributed by atoms with Gasteiger partial charge in [0.25, 0.3) is 0 Å². The molecule has 2 atom stereocenters. The molecule has 1 aromatic carbocycles.